The zero-order valence-electron chi connectivity index (χ0n) is 13.1. The molecule has 1 heterocycles. The van der Waals surface area contributed by atoms with Crippen LogP contribution in [0, 0.1) is 11.3 Å². The Labute approximate surface area is 118 Å². The van der Waals surface area contributed by atoms with Crippen molar-refractivity contribution in [3.63, 3.8) is 0 Å². The lowest BCUT2D eigenvalue weighted by Crippen LogP contribution is -2.29. The Kier molecular flexibility index (Phi) is 7.44. The predicted octanol–water partition coefficient (Wildman–Crippen LogP) is 3.10. The third-order valence-corrected chi connectivity index (χ3v) is 3.91. The highest BCUT2D eigenvalue weighted by atomic mass is 16.1. The van der Waals surface area contributed by atoms with Gasteiger partial charge >= 0.3 is 0 Å². The van der Waals surface area contributed by atoms with E-state index in [9.17, 15) is 4.79 Å². The van der Waals surface area contributed by atoms with E-state index in [-0.39, 0.29) is 5.91 Å². The van der Waals surface area contributed by atoms with Crippen molar-refractivity contribution in [2.45, 2.75) is 65.7 Å². The number of carbonyl (C=O) groups is 1. The second kappa shape index (κ2) is 8.57. The molecule has 1 fully saturated rings. The second-order valence-electron chi connectivity index (χ2n) is 7.10. The van der Waals surface area contributed by atoms with E-state index >= 15 is 0 Å². The molecule has 0 aliphatic carbocycles. The number of unbranched alkanes of at least 4 members (excludes halogenated alkanes) is 1. The highest BCUT2D eigenvalue weighted by molar-refractivity contribution is 5.75. The minimum atomic E-state index is 0.245. The van der Waals surface area contributed by atoms with E-state index in [1.165, 1.54) is 25.7 Å². The molecular formula is C16H32N2O. The van der Waals surface area contributed by atoms with Gasteiger partial charge in [-0.05, 0) is 56.5 Å². The van der Waals surface area contributed by atoms with Crippen molar-refractivity contribution in [2.24, 2.45) is 11.3 Å². The van der Waals surface area contributed by atoms with Crippen LogP contribution in [0.25, 0.3) is 0 Å². The maximum absolute atomic E-state index is 11.7. The zero-order valence-corrected chi connectivity index (χ0v) is 13.1. The van der Waals surface area contributed by atoms with Crippen LogP contribution in [-0.2, 0) is 4.79 Å². The van der Waals surface area contributed by atoms with Gasteiger partial charge in [0.2, 0.25) is 5.91 Å². The minimum Gasteiger partial charge on any atom is -0.356 e. The summed E-state index contributed by atoms with van der Waals surface area (Å²) < 4.78 is 0. The lowest BCUT2D eigenvalue weighted by molar-refractivity contribution is -0.121. The number of hydrogen-bond donors (Lipinski definition) is 2. The first kappa shape index (κ1) is 16.5. The van der Waals surface area contributed by atoms with Gasteiger partial charge in [-0.1, -0.05) is 27.2 Å². The summed E-state index contributed by atoms with van der Waals surface area (Å²) in [6, 6.07) is 0. The summed E-state index contributed by atoms with van der Waals surface area (Å²) in [5, 5.41) is 6.42. The van der Waals surface area contributed by atoms with Crippen molar-refractivity contribution < 1.29 is 4.79 Å². The molecule has 0 unspecified atom stereocenters. The van der Waals surface area contributed by atoms with E-state index in [0.717, 1.165) is 38.4 Å². The zero-order chi connectivity index (χ0) is 14.1. The largest absolute Gasteiger partial charge is 0.356 e. The van der Waals surface area contributed by atoms with Gasteiger partial charge in [0.15, 0.2) is 0 Å². The Hall–Kier alpha value is -0.570. The highest BCUT2D eigenvalue weighted by Crippen LogP contribution is 2.21. The number of piperidine rings is 1. The first-order valence-corrected chi connectivity index (χ1v) is 7.95. The van der Waals surface area contributed by atoms with Gasteiger partial charge < -0.3 is 10.6 Å². The van der Waals surface area contributed by atoms with Gasteiger partial charge in [-0.15, -0.1) is 0 Å². The van der Waals surface area contributed by atoms with Crippen molar-refractivity contribution in [2.75, 3.05) is 19.6 Å². The fraction of sp³-hybridized carbons (Fsp3) is 0.938. The Morgan fingerprint density at radius 3 is 2.53 bits per heavy atom. The van der Waals surface area contributed by atoms with Gasteiger partial charge in [0.05, 0.1) is 0 Å². The van der Waals surface area contributed by atoms with Crippen molar-refractivity contribution in [1.29, 1.82) is 0 Å². The fourth-order valence-electron chi connectivity index (χ4n) is 2.60. The smallest absolute Gasteiger partial charge is 0.220 e. The van der Waals surface area contributed by atoms with E-state index in [4.69, 9.17) is 0 Å². The molecule has 112 valence electrons. The molecule has 19 heavy (non-hydrogen) atoms. The normalized spacial score (nSPS) is 17.4. The van der Waals surface area contributed by atoms with Crippen LogP contribution in [0.5, 0.6) is 0 Å². The third-order valence-electron chi connectivity index (χ3n) is 3.91. The lowest BCUT2D eigenvalue weighted by Gasteiger charge is -2.22. The Balaban J connectivity index is 1.95. The third kappa shape index (κ3) is 9.04. The molecule has 0 aromatic heterocycles. The summed E-state index contributed by atoms with van der Waals surface area (Å²) in [7, 11) is 0. The molecule has 0 spiro atoms. The van der Waals surface area contributed by atoms with Crippen molar-refractivity contribution >= 4 is 5.91 Å². The lowest BCUT2D eigenvalue weighted by atomic mass is 9.90. The molecule has 1 rings (SSSR count). The topological polar surface area (TPSA) is 41.1 Å². The summed E-state index contributed by atoms with van der Waals surface area (Å²) in [5.41, 5.74) is 0.416. The number of amides is 1. The van der Waals surface area contributed by atoms with Crippen LogP contribution in [0.1, 0.15) is 65.7 Å². The van der Waals surface area contributed by atoms with Crippen LogP contribution in [0.4, 0.5) is 0 Å². The summed E-state index contributed by atoms with van der Waals surface area (Å²) >= 11 is 0. The summed E-state index contributed by atoms with van der Waals surface area (Å²) in [6.07, 6.45) is 7.80. The standard InChI is InChI=1S/C16H32N2O/c1-16(2,3)10-4-5-11-18-15(19)7-6-14-8-12-17-13-9-14/h14,17H,4-13H2,1-3H3,(H,18,19). The first-order chi connectivity index (χ1) is 8.97. The van der Waals surface area contributed by atoms with Crippen LogP contribution in [0.15, 0.2) is 0 Å². The van der Waals surface area contributed by atoms with Gasteiger partial charge in [0.1, 0.15) is 0 Å². The maximum Gasteiger partial charge on any atom is 0.220 e. The van der Waals surface area contributed by atoms with E-state index < -0.39 is 0 Å². The molecule has 3 nitrogen and oxygen atoms in total. The van der Waals surface area contributed by atoms with E-state index in [0.29, 0.717) is 11.8 Å². The van der Waals surface area contributed by atoms with Crippen LogP contribution >= 0.6 is 0 Å². The van der Waals surface area contributed by atoms with Gasteiger partial charge in [0.25, 0.3) is 0 Å². The molecule has 0 saturated carbocycles. The predicted molar refractivity (Wildman–Crippen MR) is 81.1 cm³/mol. The average Bonchev–Trinajstić information content (AvgIpc) is 2.36. The van der Waals surface area contributed by atoms with Gasteiger partial charge in [-0.3, -0.25) is 4.79 Å². The number of hydrogen-bond acceptors (Lipinski definition) is 2. The monoisotopic (exact) mass is 268 g/mol. The molecule has 1 saturated heterocycles. The van der Waals surface area contributed by atoms with Crippen LogP contribution in [-0.4, -0.2) is 25.5 Å². The molecule has 1 aliphatic heterocycles. The fourth-order valence-corrected chi connectivity index (χ4v) is 2.60. The van der Waals surface area contributed by atoms with Crippen molar-refractivity contribution in [3.05, 3.63) is 0 Å². The average molecular weight is 268 g/mol. The molecule has 2 N–H and O–H groups in total. The molecule has 3 heteroatoms. The molecule has 0 bridgehead atoms. The van der Waals surface area contributed by atoms with E-state index in [1.54, 1.807) is 0 Å². The van der Waals surface area contributed by atoms with Crippen LogP contribution in [0.2, 0.25) is 0 Å². The summed E-state index contributed by atoms with van der Waals surface area (Å²) in [6.45, 7) is 9.90. The number of nitrogens with one attached hydrogen (secondary N) is 2. The number of rotatable bonds is 7. The van der Waals surface area contributed by atoms with Gasteiger partial charge in [0, 0.05) is 13.0 Å². The van der Waals surface area contributed by atoms with Gasteiger partial charge in [-0.25, -0.2) is 0 Å². The second-order valence-corrected chi connectivity index (χ2v) is 7.10. The van der Waals surface area contributed by atoms with Crippen LogP contribution in [0.3, 0.4) is 0 Å². The highest BCUT2D eigenvalue weighted by Gasteiger charge is 2.14. The molecule has 0 aromatic carbocycles. The molecule has 1 aliphatic rings. The quantitative estimate of drug-likeness (QED) is 0.697. The van der Waals surface area contributed by atoms with E-state index in [2.05, 4.69) is 31.4 Å². The maximum atomic E-state index is 11.7. The van der Waals surface area contributed by atoms with Gasteiger partial charge in [-0.2, -0.15) is 0 Å². The molecule has 1 amide bonds. The first-order valence-electron chi connectivity index (χ1n) is 7.95. The van der Waals surface area contributed by atoms with Crippen molar-refractivity contribution in [3.8, 4) is 0 Å². The summed E-state index contributed by atoms with van der Waals surface area (Å²) in [5.74, 6) is 1.00. The Morgan fingerprint density at radius 2 is 1.89 bits per heavy atom. The van der Waals surface area contributed by atoms with Crippen LogP contribution < -0.4 is 10.6 Å². The summed E-state index contributed by atoms with van der Waals surface area (Å²) in [4.78, 5) is 11.7. The minimum absolute atomic E-state index is 0.245. The molecule has 0 radical (unpaired) electrons. The Bertz CT molecular complexity index is 252. The Morgan fingerprint density at radius 1 is 1.21 bits per heavy atom. The van der Waals surface area contributed by atoms with E-state index in [1.807, 2.05) is 0 Å². The number of carbonyl (C=O) groups excluding carboxylic acids is 1. The van der Waals surface area contributed by atoms with Crippen molar-refractivity contribution in [1.82, 2.24) is 10.6 Å². The molecule has 0 atom stereocenters. The SMILES string of the molecule is CC(C)(C)CCCCNC(=O)CCC1CCNCC1. The molecule has 0 aromatic rings. The molecular weight excluding hydrogens is 236 g/mol.